The molecule has 6 nitrogen and oxygen atoms in total. The van der Waals surface area contributed by atoms with Crippen molar-refractivity contribution in [3.63, 3.8) is 0 Å². The number of hydrogen-bond acceptors (Lipinski definition) is 4. The molecule has 2 amide bonds. The average molecular weight is 318 g/mol. The van der Waals surface area contributed by atoms with Gasteiger partial charge in [0.25, 0.3) is 5.91 Å². The lowest BCUT2D eigenvalue weighted by atomic mass is 10.1. The van der Waals surface area contributed by atoms with E-state index in [4.69, 9.17) is 9.47 Å². The standard InChI is InChI=1S/C17H22N2O4/c1-3-13-10-18(8-9-22-13)16(20)11-19-14-6-4-5-7-15(14)23-12(2)17(19)21/h4-7,12-13H,3,8-11H2,1-2H3/t12-,13+/m1/s1. The number of carbonyl (C=O) groups is 2. The summed E-state index contributed by atoms with van der Waals surface area (Å²) >= 11 is 0. The molecule has 0 aliphatic carbocycles. The van der Waals surface area contributed by atoms with Gasteiger partial charge in [-0.3, -0.25) is 14.5 Å². The lowest BCUT2D eigenvalue weighted by Crippen LogP contribution is -2.52. The fourth-order valence-electron chi connectivity index (χ4n) is 2.95. The smallest absolute Gasteiger partial charge is 0.268 e. The Morgan fingerprint density at radius 1 is 1.35 bits per heavy atom. The highest BCUT2D eigenvalue weighted by Gasteiger charge is 2.34. The maximum absolute atomic E-state index is 12.6. The molecule has 124 valence electrons. The molecule has 0 radical (unpaired) electrons. The Kier molecular flexibility index (Phi) is 4.52. The van der Waals surface area contributed by atoms with Gasteiger partial charge in [0.15, 0.2) is 6.10 Å². The van der Waals surface area contributed by atoms with Crippen molar-refractivity contribution in [1.82, 2.24) is 4.90 Å². The van der Waals surface area contributed by atoms with Gasteiger partial charge in [-0.2, -0.15) is 0 Å². The highest BCUT2D eigenvalue weighted by atomic mass is 16.5. The van der Waals surface area contributed by atoms with Gasteiger partial charge < -0.3 is 14.4 Å². The molecule has 2 aliphatic rings. The summed E-state index contributed by atoms with van der Waals surface area (Å²) in [4.78, 5) is 28.4. The van der Waals surface area contributed by atoms with Crippen LogP contribution in [-0.2, 0) is 14.3 Å². The van der Waals surface area contributed by atoms with E-state index in [1.807, 2.05) is 25.1 Å². The Morgan fingerprint density at radius 2 is 2.13 bits per heavy atom. The molecule has 1 aromatic carbocycles. The summed E-state index contributed by atoms with van der Waals surface area (Å²) in [7, 11) is 0. The third kappa shape index (κ3) is 3.17. The van der Waals surface area contributed by atoms with Gasteiger partial charge in [-0.05, 0) is 25.5 Å². The Balaban J connectivity index is 1.76. The van der Waals surface area contributed by atoms with Crippen molar-refractivity contribution < 1.29 is 19.1 Å². The minimum atomic E-state index is -0.578. The zero-order valence-electron chi connectivity index (χ0n) is 13.5. The van der Waals surface area contributed by atoms with E-state index in [1.54, 1.807) is 17.9 Å². The highest BCUT2D eigenvalue weighted by molar-refractivity contribution is 6.03. The van der Waals surface area contributed by atoms with Crippen LogP contribution in [0.3, 0.4) is 0 Å². The number of amides is 2. The van der Waals surface area contributed by atoms with Gasteiger partial charge in [0.1, 0.15) is 12.3 Å². The van der Waals surface area contributed by atoms with Gasteiger partial charge in [-0.25, -0.2) is 0 Å². The van der Waals surface area contributed by atoms with Crippen LogP contribution in [0.25, 0.3) is 0 Å². The molecule has 0 spiro atoms. The molecule has 2 atom stereocenters. The summed E-state index contributed by atoms with van der Waals surface area (Å²) in [6.45, 7) is 5.50. The van der Waals surface area contributed by atoms with Crippen LogP contribution in [0.15, 0.2) is 24.3 Å². The maximum atomic E-state index is 12.6. The normalized spacial score (nSPS) is 24.2. The lowest BCUT2D eigenvalue weighted by molar-refractivity contribution is -0.139. The van der Waals surface area contributed by atoms with Crippen LogP contribution in [0.4, 0.5) is 5.69 Å². The number of fused-ring (bicyclic) bond motifs is 1. The van der Waals surface area contributed by atoms with Gasteiger partial charge >= 0.3 is 0 Å². The topological polar surface area (TPSA) is 59.1 Å². The minimum Gasteiger partial charge on any atom is -0.479 e. The second kappa shape index (κ2) is 6.58. The Morgan fingerprint density at radius 3 is 2.91 bits per heavy atom. The number of ether oxygens (including phenoxy) is 2. The van der Waals surface area contributed by atoms with Gasteiger partial charge in [0.2, 0.25) is 5.91 Å². The van der Waals surface area contributed by atoms with E-state index in [9.17, 15) is 9.59 Å². The first kappa shape index (κ1) is 15.8. The monoisotopic (exact) mass is 318 g/mol. The Labute approximate surface area is 136 Å². The molecule has 23 heavy (non-hydrogen) atoms. The molecule has 1 fully saturated rings. The van der Waals surface area contributed by atoms with Crippen LogP contribution < -0.4 is 9.64 Å². The third-order valence-corrected chi connectivity index (χ3v) is 4.31. The number of hydrogen-bond donors (Lipinski definition) is 0. The number of benzene rings is 1. The molecule has 2 aliphatic heterocycles. The summed E-state index contributed by atoms with van der Waals surface area (Å²) < 4.78 is 11.2. The molecular weight excluding hydrogens is 296 g/mol. The fraction of sp³-hybridized carbons (Fsp3) is 0.529. The van der Waals surface area contributed by atoms with Crippen molar-refractivity contribution in [1.29, 1.82) is 0 Å². The summed E-state index contributed by atoms with van der Waals surface area (Å²) in [5.41, 5.74) is 0.657. The summed E-state index contributed by atoms with van der Waals surface area (Å²) in [6, 6.07) is 7.32. The first-order valence-electron chi connectivity index (χ1n) is 8.06. The average Bonchev–Trinajstić information content (AvgIpc) is 2.58. The predicted octanol–water partition coefficient (Wildman–Crippen LogP) is 1.44. The van der Waals surface area contributed by atoms with Gasteiger partial charge in [-0.1, -0.05) is 19.1 Å². The van der Waals surface area contributed by atoms with Gasteiger partial charge in [0.05, 0.1) is 18.4 Å². The van der Waals surface area contributed by atoms with Crippen LogP contribution in [-0.4, -0.2) is 55.2 Å². The Bertz CT molecular complexity index is 604. The fourth-order valence-corrected chi connectivity index (χ4v) is 2.95. The van der Waals surface area contributed by atoms with Crippen LogP contribution in [0.1, 0.15) is 20.3 Å². The van der Waals surface area contributed by atoms with Gasteiger partial charge in [0, 0.05) is 13.1 Å². The second-order valence-electron chi connectivity index (χ2n) is 5.89. The molecule has 1 aromatic rings. The van der Waals surface area contributed by atoms with E-state index in [-0.39, 0.29) is 24.5 Å². The molecule has 0 unspecified atom stereocenters. The SMILES string of the molecule is CC[C@H]1CN(C(=O)CN2C(=O)[C@@H](C)Oc3ccccc32)CCO1. The number of rotatable bonds is 3. The number of carbonyl (C=O) groups excluding carboxylic acids is 2. The molecule has 6 heteroatoms. The maximum Gasteiger partial charge on any atom is 0.268 e. The van der Waals surface area contributed by atoms with Crippen LogP contribution in [0.5, 0.6) is 5.75 Å². The first-order chi connectivity index (χ1) is 11.1. The summed E-state index contributed by atoms with van der Waals surface area (Å²) in [6.07, 6.45) is 0.380. The molecule has 0 aromatic heterocycles. The van der Waals surface area contributed by atoms with Gasteiger partial charge in [-0.15, -0.1) is 0 Å². The summed E-state index contributed by atoms with van der Waals surface area (Å²) in [5.74, 6) is 0.405. The van der Waals surface area contributed by atoms with Crippen LogP contribution in [0.2, 0.25) is 0 Å². The van der Waals surface area contributed by atoms with Crippen molar-refractivity contribution in [2.24, 2.45) is 0 Å². The van der Waals surface area contributed by atoms with Crippen LogP contribution >= 0.6 is 0 Å². The zero-order chi connectivity index (χ0) is 16.4. The number of para-hydroxylation sites is 2. The third-order valence-electron chi connectivity index (χ3n) is 4.31. The highest BCUT2D eigenvalue weighted by Crippen LogP contribution is 2.33. The quantitative estimate of drug-likeness (QED) is 0.846. The minimum absolute atomic E-state index is 0.0416. The van der Waals surface area contributed by atoms with E-state index in [0.717, 1.165) is 6.42 Å². The van der Waals surface area contributed by atoms with E-state index >= 15 is 0 Å². The molecule has 0 saturated carbocycles. The van der Waals surface area contributed by atoms with Crippen molar-refractivity contribution in [2.75, 3.05) is 31.1 Å². The zero-order valence-corrected chi connectivity index (χ0v) is 13.5. The largest absolute Gasteiger partial charge is 0.479 e. The van der Waals surface area contributed by atoms with Crippen molar-refractivity contribution in [3.05, 3.63) is 24.3 Å². The predicted molar refractivity (Wildman–Crippen MR) is 85.5 cm³/mol. The molecule has 3 rings (SSSR count). The second-order valence-corrected chi connectivity index (χ2v) is 5.89. The molecule has 2 heterocycles. The summed E-state index contributed by atoms with van der Waals surface area (Å²) in [5, 5.41) is 0. The van der Waals surface area contributed by atoms with E-state index in [2.05, 4.69) is 0 Å². The Hall–Kier alpha value is -2.08. The van der Waals surface area contributed by atoms with Crippen molar-refractivity contribution >= 4 is 17.5 Å². The first-order valence-corrected chi connectivity index (χ1v) is 8.06. The van der Waals surface area contributed by atoms with E-state index in [1.165, 1.54) is 4.90 Å². The van der Waals surface area contributed by atoms with Crippen molar-refractivity contribution in [3.8, 4) is 5.75 Å². The molecule has 0 N–H and O–H groups in total. The molecular formula is C17H22N2O4. The van der Waals surface area contributed by atoms with Crippen molar-refractivity contribution in [2.45, 2.75) is 32.5 Å². The van der Waals surface area contributed by atoms with Crippen LogP contribution in [0, 0.1) is 0 Å². The number of nitrogens with zero attached hydrogens (tertiary/aromatic N) is 2. The lowest BCUT2D eigenvalue weighted by Gasteiger charge is -2.36. The van der Waals surface area contributed by atoms with E-state index in [0.29, 0.717) is 31.1 Å². The number of morpholine rings is 1. The molecule has 0 bridgehead atoms. The molecule has 1 saturated heterocycles. The number of anilines is 1. The van der Waals surface area contributed by atoms with E-state index < -0.39 is 6.10 Å².